The molecular weight excluding hydrogens is 324 g/mol. The van der Waals surface area contributed by atoms with E-state index in [0.29, 0.717) is 0 Å². The SMILES string of the molecule is CCCN1CCC(CNC(=NC)N2CCOC(c3ccccc3C)C2)C1. The Bertz CT molecular complexity index is 603. The molecular formula is C21H34N4O. The molecule has 2 unspecified atom stereocenters. The normalized spacial score (nSPS) is 24.9. The molecule has 0 amide bonds. The summed E-state index contributed by atoms with van der Waals surface area (Å²) in [5.41, 5.74) is 2.59. The number of hydrogen-bond acceptors (Lipinski definition) is 3. The van der Waals surface area contributed by atoms with Crippen LogP contribution in [0.5, 0.6) is 0 Å². The number of rotatable bonds is 5. The smallest absolute Gasteiger partial charge is 0.193 e. The zero-order valence-electron chi connectivity index (χ0n) is 16.6. The van der Waals surface area contributed by atoms with Crippen molar-refractivity contribution in [2.24, 2.45) is 10.9 Å². The highest BCUT2D eigenvalue weighted by atomic mass is 16.5. The zero-order valence-corrected chi connectivity index (χ0v) is 16.6. The van der Waals surface area contributed by atoms with Gasteiger partial charge in [-0.3, -0.25) is 4.99 Å². The van der Waals surface area contributed by atoms with Crippen LogP contribution in [0.4, 0.5) is 0 Å². The summed E-state index contributed by atoms with van der Waals surface area (Å²) in [4.78, 5) is 9.47. The number of aliphatic imine (C=N–C) groups is 1. The lowest BCUT2D eigenvalue weighted by Gasteiger charge is -2.36. The summed E-state index contributed by atoms with van der Waals surface area (Å²) in [6.45, 7) is 11.6. The predicted octanol–water partition coefficient (Wildman–Crippen LogP) is 2.68. The van der Waals surface area contributed by atoms with E-state index in [0.717, 1.165) is 38.1 Å². The molecule has 2 heterocycles. The molecule has 2 aliphatic rings. The Hall–Kier alpha value is -1.59. The molecule has 2 fully saturated rings. The monoisotopic (exact) mass is 358 g/mol. The molecule has 26 heavy (non-hydrogen) atoms. The zero-order chi connectivity index (χ0) is 18.4. The molecule has 0 radical (unpaired) electrons. The Labute approximate surface area is 158 Å². The van der Waals surface area contributed by atoms with Gasteiger partial charge in [0.05, 0.1) is 13.2 Å². The Balaban J connectivity index is 1.54. The van der Waals surface area contributed by atoms with E-state index in [1.165, 1.54) is 43.6 Å². The maximum absolute atomic E-state index is 6.06. The second-order valence-corrected chi connectivity index (χ2v) is 7.55. The first-order valence-electron chi connectivity index (χ1n) is 10.1. The Morgan fingerprint density at radius 2 is 2.12 bits per heavy atom. The summed E-state index contributed by atoms with van der Waals surface area (Å²) in [6, 6.07) is 8.52. The Morgan fingerprint density at radius 3 is 2.88 bits per heavy atom. The molecule has 1 aromatic carbocycles. The third-order valence-electron chi connectivity index (χ3n) is 5.57. The summed E-state index contributed by atoms with van der Waals surface area (Å²) >= 11 is 0. The van der Waals surface area contributed by atoms with Crippen LogP contribution in [0.25, 0.3) is 0 Å². The van der Waals surface area contributed by atoms with Crippen LogP contribution in [0.1, 0.15) is 37.0 Å². The van der Waals surface area contributed by atoms with E-state index in [2.05, 4.69) is 58.2 Å². The first-order chi connectivity index (χ1) is 12.7. The van der Waals surface area contributed by atoms with Gasteiger partial charge in [-0.2, -0.15) is 0 Å². The van der Waals surface area contributed by atoms with Crippen LogP contribution in [0.2, 0.25) is 0 Å². The fourth-order valence-corrected chi connectivity index (χ4v) is 4.14. The van der Waals surface area contributed by atoms with Gasteiger partial charge >= 0.3 is 0 Å². The van der Waals surface area contributed by atoms with E-state index in [4.69, 9.17) is 4.74 Å². The lowest BCUT2D eigenvalue weighted by atomic mass is 10.0. The van der Waals surface area contributed by atoms with Gasteiger partial charge in [-0.1, -0.05) is 31.2 Å². The van der Waals surface area contributed by atoms with Gasteiger partial charge in [0.2, 0.25) is 0 Å². The average molecular weight is 359 g/mol. The van der Waals surface area contributed by atoms with Crippen molar-refractivity contribution in [3.63, 3.8) is 0 Å². The maximum Gasteiger partial charge on any atom is 0.193 e. The van der Waals surface area contributed by atoms with Gasteiger partial charge in [-0.15, -0.1) is 0 Å². The van der Waals surface area contributed by atoms with Crippen LogP contribution in [0.15, 0.2) is 29.3 Å². The van der Waals surface area contributed by atoms with E-state index in [1.54, 1.807) is 0 Å². The molecule has 2 aliphatic heterocycles. The molecule has 1 aromatic rings. The minimum Gasteiger partial charge on any atom is -0.370 e. The van der Waals surface area contributed by atoms with Crippen molar-refractivity contribution in [1.29, 1.82) is 0 Å². The molecule has 0 aromatic heterocycles. The number of morpholine rings is 1. The highest BCUT2D eigenvalue weighted by Crippen LogP contribution is 2.25. The Kier molecular flexibility index (Phi) is 6.92. The van der Waals surface area contributed by atoms with E-state index in [1.807, 2.05) is 7.05 Å². The summed E-state index contributed by atoms with van der Waals surface area (Å²) < 4.78 is 6.06. The van der Waals surface area contributed by atoms with Gasteiger partial charge in [0.1, 0.15) is 6.10 Å². The first kappa shape index (κ1) is 19.2. The van der Waals surface area contributed by atoms with Crippen molar-refractivity contribution in [3.05, 3.63) is 35.4 Å². The lowest BCUT2D eigenvalue weighted by Crippen LogP contribution is -2.49. The quantitative estimate of drug-likeness (QED) is 0.649. The second kappa shape index (κ2) is 9.38. The molecule has 144 valence electrons. The third kappa shape index (κ3) is 4.77. The minimum absolute atomic E-state index is 0.120. The number of hydrogen-bond donors (Lipinski definition) is 1. The van der Waals surface area contributed by atoms with Crippen molar-refractivity contribution >= 4 is 5.96 Å². The van der Waals surface area contributed by atoms with Crippen molar-refractivity contribution in [2.45, 2.75) is 32.8 Å². The maximum atomic E-state index is 6.06. The summed E-state index contributed by atoms with van der Waals surface area (Å²) in [5.74, 6) is 1.74. The van der Waals surface area contributed by atoms with Gasteiger partial charge in [0, 0.05) is 26.7 Å². The highest BCUT2D eigenvalue weighted by Gasteiger charge is 2.26. The number of guanidine groups is 1. The van der Waals surface area contributed by atoms with Gasteiger partial charge in [-0.25, -0.2) is 0 Å². The minimum atomic E-state index is 0.120. The standard InChI is InChI=1S/C21H34N4O/c1-4-10-24-11-9-18(15-24)14-23-21(22-3)25-12-13-26-20(16-25)19-8-6-5-7-17(19)2/h5-8,18,20H,4,9-16H2,1-3H3,(H,22,23). The highest BCUT2D eigenvalue weighted by molar-refractivity contribution is 5.80. The molecule has 0 spiro atoms. The molecule has 5 nitrogen and oxygen atoms in total. The number of likely N-dealkylation sites (tertiary alicyclic amines) is 1. The predicted molar refractivity (Wildman–Crippen MR) is 108 cm³/mol. The van der Waals surface area contributed by atoms with Crippen LogP contribution in [-0.2, 0) is 4.74 Å². The van der Waals surface area contributed by atoms with Crippen molar-refractivity contribution in [3.8, 4) is 0 Å². The number of benzene rings is 1. The average Bonchev–Trinajstić information content (AvgIpc) is 3.11. The topological polar surface area (TPSA) is 40.1 Å². The number of ether oxygens (including phenoxy) is 1. The van der Waals surface area contributed by atoms with Gasteiger partial charge in [-0.05, 0) is 49.9 Å². The molecule has 1 N–H and O–H groups in total. The molecule has 0 aliphatic carbocycles. The molecule has 5 heteroatoms. The third-order valence-corrected chi connectivity index (χ3v) is 5.57. The first-order valence-corrected chi connectivity index (χ1v) is 10.1. The van der Waals surface area contributed by atoms with Crippen LogP contribution < -0.4 is 5.32 Å². The second-order valence-electron chi connectivity index (χ2n) is 7.55. The van der Waals surface area contributed by atoms with E-state index >= 15 is 0 Å². The van der Waals surface area contributed by atoms with Crippen molar-refractivity contribution in [1.82, 2.24) is 15.1 Å². The van der Waals surface area contributed by atoms with Gasteiger partial charge in [0.15, 0.2) is 5.96 Å². The molecule has 0 bridgehead atoms. The van der Waals surface area contributed by atoms with E-state index in [-0.39, 0.29) is 6.10 Å². The number of nitrogens with one attached hydrogen (secondary N) is 1. The van der Waals surface area contributed by atoms with E-state index < -0.39 is 0 Å². The largest absolute Gasteiger partial charge is 0.370 e. The lowest BCUT2D eigenvalue weighted by molar-refractivity contribution is -0.00836. The molecule has 3 rings (SSSR count). The Morgan fingerprint density at radius 1 is 1.27 bits per heavy atom. The van der Waals surface area contributed by atoms with Crippen molar-refractivity contribution < 1.29 is 4.74 Å². The van der Waals surface area contributed by atoms with Gasteiger partial charge < -0.3 is 19.9 Å². The summed E-state index contributed by atoms with van der Waals surface area (Å²) in [7, 11) is 1.89. The van der Waals surface area contributed by atoms with Gasteiger partial charge in [0.25, 0.3) is 0 Å². The number of nitrogens with zero attached hydrogens (tertiary/aromatic N) is 3. The van der Waals surface area contributed by atoms with Crippen molar-refractivity contribution in [2.75, 3.05) is 52.9 Å². The summed E-state index contributed by atoms with van der Waals surface area (Å²) in [5, 5.41) is 3.62. The fourth-order valence-electron chi connectivity index (χ4n) is 4.14. The van der Waals surface area contributed by atoms with Crippen LogP contribution in [0.3, 0.4) is 0 Å². The summed E-state index contributed by atoms with van der Waals surface area (Å²) in [6.07, 6.45) is 2.66. The van der Waals surface area contributed by atoms with Crippen LogP contribution in [0, 0.1) is 12.8 Å². The van der Waals surface area contributed by atoms with Crippen LogP contribution in [-0.4, -0.2) is 68.7 Å². The van der Waals surface area contributed by atoms with E-state index in [9.17, 15) is 0 Å². The molecule has 2 saturated heterocycles. The molecule has 0 saturated carbocycles. The number of aryl methyl sites for hydroxylation is 1. The molecule has 2 atom stereocenters. The van der Waals surface area contributed by atoms with Crippen LogP contribution >= 0.6 is 0 Å². The fraction of sp³-hybridized carbons (Fsp3) is 0.667.